The molecule has 7 heteroatoms. The predicted molar refractivity (Wildman–Crippen MR) is 96.2 cm³/mol. The molecule has 144 valence electrons. The van der Waals surface area contributed by atoms with E-state index in [2.05, 4.69) is 22.5 Å². The molecule has 0 amide bonds. The van der Waals surface area contributed by atoms with Crippen molar-refractivity contribution in [3.8, 4) is 0 Å². The van der Waals surface area contributed by atoms with E-state index in [4.69, 9.17) is 23.7 Å². The van der Waals surface area contributed by atoms with Gasteiger partial charge in [-0.2, -0.15) is 0 Å². The summed E-state index contributed by atoms with van der Waals surface area (Å²) in [7, 11) is 1.38. The molecule has 0 aromatic rings. The largest absolute Gasteiger partial charge is 0.469 e. The fourth-order valence-electron chi connectivity index (χ4n) is 2.99. The number of carbonyl (C=O) groups is 1. The predicted octanol–water partition coefficient (Wildman–Crippen LogP) is 3.67. The van der Waals surface area contributed by atoms with Gasteiger partial charge in [0.15, 0.2) is 12.6 Å². The van der Waals surface area contributed by atoms with Gasteiger partial charge >= 0.3 is 5.97 Å². The quantitative estimate of drug-likeness (QED) is 0.530. The highest BCUT2D eigenvalue weighted by molar-refractivity contribution is 9.11. The second-order valence-electron chi connectivity index (χ2n) is 6.44. The van der Waals surface area contributed by atoms with Crippen LogP contribution in [0.3, 0.4) is 0 Å². The average Bonchev–Trinajstić information content (AvgIpc) is 2.62. The first kappa shape index (κ1) is 20.8. The molecular formula is C18H29BrO6. The molecule has 4 atom stereocenters. The molecule has 0 N–H and O–H groups in total. The number of hydrogen-bond acceptors (Lipinski definition) is 6. The van der Waals surface area contributed by atoms with Crippen molar-refractivity contribution in [1.29, 1.82) is 0 Å². The SMILES string of the molecule is C=C(Br)[C@H](C[C@@H](CC(=O)OC)OC1CCCCO1)OC1CCCCO1. The normalized spacial score (nSPS) is 26.6. The van der Waals surface area contributed by atoms with Crippen LogP contribution in [0.15, 0.2) is 11.1 Å². The number of hydrogen-bond donors (Lipinski definition) is 0. The maximum atomic E-state index is 11.8. The van der Waals surface area contributed by atoms with E-state index in [1.165, 1.54) is 7.11 Å². The number of carbonyl (C=O) groups excluding carboxylic acids is 1. The summed E-state index contributed by atoms with van der Waals surface area (Å²) in [5, 5.41) is 0. The molecule has 2 aliphatic rings. The summed E-state index contributed by atoms with van der Waals surface area (Å²) >= 11 is 3.43. The lowest BCUT2D eigenvalue weighted by molar-refractivity contribution is -0.211. The summed E-state index contributed by atoms with van der Waals surface area (Å²) in [5.74, 6) is -0.311. The number of ether oxygens (including phenoxy) is 5. The first-order valence-electron chi connectivity index (χ1n) is 9.03. The molecule has 2 unspecified atom stereocenters. The number of esters is 1. The highest BCUT2D eigenvalue weighted by atomic mass is 79.9. The fraction of sp³-hybridized carbons (Fsp3) is 0.833. The zero-order chi connectivity index (χ0) is 18.1. The molecule has 2 saturated heterocycles. The van der Waals surface area contributed by atoms with E-state index in [0.717, 1.165) is 38.5 Å². The van der Waals surface area contributed by atoms with E-state index < -0.39 is 0 Å². The maximum Gasteiger partial charge on any atom is 0.308 e. The lowest BCUT2D eigenvalue weighted by atomic mass is 10.1. The van der Waals surface area contributed by atoms with Crippen LogP contribution >= 0.6 is 15.9 Å². The Balaban J connectivity index is 1.94. The van der Waals surface area contributed by atoms with E-state index in [0.29, 0.717) is 24.1 Å². The molecule has 0 aromatic heterocycles. The van der Waals surface area contributed by atoms with Gasteiger partial charge in [0.1, 0.15) is 0 Å². The van der Waals surface area contributed by atoms with Crippen molar-refractivity contribution in [2.75, 3.05) is 20.3 Å². The summed E-state index contributed by atoms with van der Waals surface area (Å²) in [6.07, 6.45) is 5.42. The monoisotopic (exact) mass is 420 g/mol. The molecule has 25 heavy (non-hydrogen) atoms. The smallest absolute Gasteiger partial charge is 0.308 e. The molecule has 6 nitrogen and oxygen atoms in total. The van der Waals surface area contributed by atoms with Crippen LogP contribution in [0.5, 0.6) is 0 Å². The van der Waals surface area contributed by atoms with E-state index in [-0.39, 0.29) is 37.2 Å². The molecule has 2 rings (SSSR count). The van der Waals surface area contributed by atoms with Crippen molar-refractivity contribution >= 4 is 21.9 Å². The molecule has 0 aliphatic carbocycles. The lowest BCUT2D eigenvalue weighted by Gasteiger charge is -2.32. The second kappa shape index (κ2) is 11.3. The highest BCUT2D eigenvalue weighted by Gasteiger charge is 2.28. The molecule has 0 saturated carbocycles. The van der Waals surface area contributed by atoms with Crippen molar-refractivity contribution < 1.29 is 28.5 Å². The van der Waals surface area contributed by atoms with Gasteiger partial charge in [0.25, 0.3) is 0 Å². The van der Waals surface area contributed by atoms with Crippen LogP contribution in [0.1, 0.15) is 51.4 Å². The van der Waals surface area contributed by atoms with E-state index in [1.54, 1.807) is 0 Å². The van der Waals surface area contributed by atoms with E-state index >= 15 is 0 Å². The Hall–Kier alpha value is -0.470. The second-order valence-corrected chi connectivity index (χ2v) is 7.46. The van der Waals surface area contributed by atoms with Crippen LogP contribution < -0.4 is 0 Å². The molecule has 2 aliphatic heterocycles. The summed E-state index contributed by atoms with van der Waals surface area (Å²) < 4.78 is 28.9. The van der Waals surface area contributed by atoms with Crippen LogP contribution in [0.2, 0.25) is 0 Å². The van der Waals surface area contributed by atoms with Gasteiger partial charge in [-0.3, -0.25) is 4.79 Å². The molecule has 0 bridgehead atoms. The van der Waals surface area contributed by atoms with Crippen LogP contribution in [0.4, 0.5) is 0 Å². The fourth-order valence-corrected chi connectivity index (χ4v) is 3.28. The van der Waals surface area contributed by atoms with Crippen molar-refractivity contribution in [1.82, 2.24) is 0 Å². The third kappa shape index (κ3) is 7.74. The molecule has 2 heterocycles. The topological polar surface area (TPSA) is 63.2 Å². The minimum Gasteiger partial charge on any atom is -0.469 e. The van der Waals surface area contributed by atoms with Gasteiger partial charge in [0, 0.05) is 24.1 Å². The third-order valence-electron chi connectivity index (χ3n) is 4.38. The highest BCUT2D eigenvalue weighted by Crippen LogP contribution is 2.27. The summed E-state index contributed by atoms with van der Waals surface area (Å²) in [5.41, 5.74) is 0. The zero-order valence-corrected chi connectivity index (χ0v) is 16.5. The van der Waals surface area contributed by atoms with Gasteiger partial charge in [-0.15, -0.1) is 0 Å². The van der Waals surface area contributed by atoms with Gasteiger partial charge in [0.05, 0.1) is 25.7 Å². The number of halogens is 1. The Morgan fingerprint density at radius 3 is 2.20 bits per heavy atom. The van der Waals surface area contributed by atoms with Crippen LogP contribution in [-0.4, -0.2) is 51.1 Å². The molecule has 0 aromatic carbocycles. The lowest BCUT2D eigenvalue weighted by Crippen LogP contribution is -2.35. The van der Waals surface area contributed by atoms with E-state index in [1.807, 2.05) is 0 Å². The Morgan fingerprint density at radius 1 is 1.12 bits per heavy atom. The van der Waals surface area contributed by atoms with Crippen molar-refractivity contribution in [2.24, 2.45) is 0 Å². The molecule has 0 spiro atoms. The summed E-state index contributed by atoms with van der Waals surface area (Å²) in [6, 6.07) is 0. The molecular weight excluding hydrogens is 392 g/mol. The number of rotatable bonds is 9. The first-order valence-corrected chi connectivity index (χ1v) is 9.83. The Bertz CT molecular complexity index is 418. The van der Waals surface area contributed by atoms with Gasteiger partial charge in [0.2, 0.25) is 0 Å². The van der Waals surface area contributed by atoms with Gasteiger partial charge in [-0.25, -0.2) is 0 Å². The Labute approximate surface area is 158 Å². The minimum atomic E-state index is -0.363. The third-order valence-corrected chi connectivity index (χ3v) is 4.90. The van der Waals surface area contributed by atoms with E-state index in [9.17, 15) is 4.79 Å². The van der Waals surface area contributed by atoms with Gasteiger partial charge in [-0.1, -0.05) is 22.5 Å². The molecule has 0 radical (unpaired) electrons. The Kier molecular flexibility index (Phi) is 9.41. The van der Waals surface area contributed by atoms with Crippen molar-refractivity contribution in [3.05, 3.63) is 11.1 Å². The summed E-state index contributed by atoms with van der Waals surface area (Å²) in [4.78, 5) is 11.8. The van der Waals surface area contributed by atoms with Crippen molar-refractivity contribution in [3.63, 3.8) is 0 Å². The first-order chi connectivity index (χ1) is 12.1. The zero-order valence-electron chi connectivity index (χ0n) is 14.9. The number of methoxy groups -OCH3 is 1. The van der Waals surface area contributed by atoms with Crippen LogP contribution in [0, 0.1) is 0 Å². The molecule has 2 fully saturated rings. The maximum absolute atomic E-state index is 11.8. The summed E-state index contributed by atoms with van der Waals surface area (Å²) in [6.45, 7) is 5.36. The minimum absolute atomic E-state index is 0.155. The van der Waals surface area contributed by atoms with Gasteiger partial charge in [-0.05, 0) is 38.5 Å². The standard InChI is InChI=1S/C18H29BrO6/c1-13(19)15(25-18-8-4-6-10-23-18)11-14(12-16(20)21-2)24-17-7-3-5-9-22-17/h14-15,17-18H,1,3-12H2,2H3/t14-,15-,17?,18?/m0/s1. The van der Waals surface area contributed by atoms with Crippen LogP contribution in [-0.2, 0) is 28.5 Å². The van der Waals surface area contributed by atoms with Gasteiger partial charge < -0.3 is 23.7 Å². The van der Waals surface area contributed by atoms with Crippen LogP contribution in [0.25, 0.3) is 0 Å². The van der Waals surface area contributed by atoms with Crippen molar-refractivity contribution in [2.45, 2.75) is 76.2 Å². The average molecular weight is 421 g/mol. The Morgan fingerprint density at radius 2 is 1.72 bits per heavy atom.